The molecule has 0 aliphatic heterocycles. The Labute approximate surface area is 90.7 Å². The maximum Gasteiger partial charge on any atom is 0.0785 e. The van der Waals surface area contributed by atoms with Crippen LogP contribution in [-0.4, -0.2) is 32.2 Å². The molecular formula is C12H30FN. The second kappa shape index (κ2) is 18.6. The van der Waals surface area contributed by atoms with Gasteiger partial charge in [0.25, 0.3) is 0 Å². The summed E-state index contributed by atoms with van der Waals surface area (Å²) in [6.45, 7) is 13.4. The lowest BCUT2D eigenvalue weighted by molar-refractivity contribution is 0.296. The molecule has 14 heavy (non-hydrogen) atoms. The van der Waals surface area contributed by atoms with Gasteiger partial charge in [-0.25, -0.2) is 0 Å². The van der Waals surface area contributed by atoms with Crippen molar-refractivity contribution >= 4 is 0 Å². The molecule has 0 heterocycles. The fourth-order valence-corrected chi connectivity index (χ4v) is 1.10. The second-order valence-electron chi connectivity index (χ2n) is 3.86. The zero-order valence-corrected chi connectivity index (χ0v) is 11.2. The summed E-state index contributed by atoms with van der Waals surface area (Å²) in [5, 5.41) is 0. The van der Waals surface area contributed by atoms with Gasteiger partial charge in [0, 0.05) is 6.54 Å². The van der Waals surface area contributed by atoms with E-state index in [1.165, 1.54) is 25.9 Å². The minimum atomic E-state index is 0.500. The van der Waals surface area contributed by atoms with Crippen molar-refractivity contribution in [1.29, 1.82) is 0 Å². The SMILES string of the molecule is CCC.CCCN(C)CC(C)C.CF. The van der Waals surface area contributed by atoms with Crippen LogP contribution in [0.3, 0.4) is 0 Å². The van der Waals surface area contributed by atoms with Crippen LogP contribution >= 0.6 is 0 Å². The zero-order chi connectivity index (χ0) is 12.0. The fourth-order valence-electron chi connectivity index (χ4n) is 1.10. The second-order valence-corrected chi connectivity index (χ2v) is 3.86. The maximum absolute atomic E-state index is 9.50. The summed E-state index contributed by atoms with van der Waals surface area (Å²) in [7, 11) is 2.68. The standard InChI is InChI=1S/C8H19N.C3H8.CH3F/c1-5-6-9(4)7-8(2)3;1-3-2;1-2/h8H,5-7H2,1-4H3;3H2,1-2H3;1H3. The van der Waals surface area contributed by atoms with E-state index in [0.29, 0.717) is 7.18 Å². The van der Waals surface area contributed by atoms with Gasteiger partial charge in [-0.3, -0.25) is 4.39 Å². The van der Waals surface area contributed by atoms with E-state index in [0.717, 1.165) is 5.92 Å². The molecule has 0 bridgehead atoms. The number of alkyl halides is 1. The summed E-state index contributed by atoms with van der Waals surface area (Å²) in [5.74, 6) is 0.807. The van der Waals surface area contributed by atoms with Crippen LogP contribution in [0.15, 0.2) is 0 Å². The predicted octanol–water partition coefficient (Wildman–Crippen LogP) is 3.99. The summed E-state index contributed by atoms with van der Waals surface area (Å²) in [5.41, 5.74) is 0. The van der Waals surface area contributed by atoms with Gasteiger partial charge in [-0.05, 0) is 25.9 Å². The van der Waals surface area contributed by atoms with E-state index in [1.807, 2.05) is 0 Å². The third kappa shape index (κ3) is 29.7. The highest BCUT2D eigenvalue weighted by Crippen LogP contribution is 1.95. The van der Waals surface area contributed by atoms with Crippen LogP contribution in [0.1, 0.15) is 47.5 Å². The van der Waals surface area contributed by atoms with Crippen molar-refractivity contribution in [1.82, 2.24) is 4.90 Å². The normalized spacial score (nSPS) is 9.00. The van der Waals surface area contributed by atoms with Gasteiger partial charge in [-0.2, -0.15) is 0 Å². The Morgan fingerprint density at radius 2 is 1.43 bits per heavy atom. The minimum absolute atomic E-state index is 0.500. The van der Waals surface area contributed by atoms with Crippen molar-refractivity contribution in [2.24, 2.45) is 5.92 Å². The molecule has 0 aliphatic rings. The number of rotatable bonds is 4. The van der Waals surface area contributed by atoms with Gasteiger partial charge >= 0.3 is 0 Å². The summed E-state index contributed by atoms with van der Waals surface area (Å²) in [6, 6.07) is 0. The molecule has 0 N–H and O–H groups in total. The van der Waals surface area contributed by atoms with Gasteiger partial charge < -0.3 is 4.90 Å². The molecule has 0 atom stereocenters. The Morgan fingerprint density at radius 3 is 1.64 bits per heavy atom. The monoisotopic (exact) mass is 207 g/mol. The Kier molecular flexibility index (Phi) is 25.9. The Bertz CT molecular complexity index is 74.7. The summed E-state index contributed by atoms with van der Waals surface area (Å²) in [4.78, 5) is 2.38. The van der Waals surface area contributed by atoms with E-state index in [4.69, 9.17) is 0 Å². The third-order valence-corrected chi connectivity index (χ3v) is 1.28. The van der Waals surface area contributed by atoms with E-state index in [-0.39, 0.29) is 0 Å². The number of nitrogens with zero attached hydrogens (tertiary/aromatic N) is 1. The van der Waals surface area contributed by atoms with E-state index < -0.39 is 0 Å². The lowest BCUT2D eigenvalue weighted by Gasteiger charge is -2.17. The number of hydrogen-bond acceptors (Lipinski definition) is 1. The Morgan fingerprint density at radius 1 is 1.07 bits per heavy atom. The van der Waals surface area contributed by atoms with Crippen molar-refractivity contribution < 1.29 is 4.39 Å². The molecule has 0 aromatic heterocycles. The lowest BCUT2D eigenvalue weighted by atomic mass is 10.2. The molecule has 0 unspecified atom stereocenters. The van der Waals surface area contributed by atoms with Crippen LogP contribution in [0.5, 0.6) is 0 Å². The lowest BCUT2D eigenvalue weighted by Crippen LogP contribution is -2.23. The van der Waals surface area contributed by atoms with Crippen molar-refractivity contribution in [3.63, 3.8) is 0 Å². The van der Waals surface area contributed by atoms with E-state index >= 15 is 0 Å². The van der Waals surface area contributed by atoms with Crippen LogP contribution in [0.4, 0.5) is 4.39 Å². The third-order valence-electron chi connectivity index (χ3n) is 1.28. The number of halogens is 1. The van der Waals surface area contributed by atoms with Crippen molar-refractivity contribution in [3.8, 4) is 0 Å². The quantitative estimate of drug-likeness (QED) is 0.674. The van der Waals surface area contributed by atoms with E-state index in [1.54, 1.807) is 0 Å². The van der Waals surface area contributed by atoms with Crippen LogP contribution < -0.4 is 0 Å². The highest BCUT2D eigenvalue weighted by molar-refractivity contribution is 4.52. The van der Waals surface area contributed by atoms with Crippen LogP contribution in [0.25, 0.3) is 0 Å². The van der Waals surface area contributed by atoms with Gasteiger partial charge in [0.2, 0.25) is 0 Å². The molecule has 0 saturated carbocycles. The molecule has 1 nitrogen and oxygen atoms in total. The molecule has 0 saturated heterocycles. The van der Waals surface area contributed by atoms with Crippen LogP contribution in [-0.2, 0) is 0 Å². The first-order chi connectivity index (χ1) is 6.58. The molecular weight excluding hydrogens is 177 g/mol. The summed E-state index contributed by atoms with van der Waals surface area (Å²) >= 11 is 0. The zero-order valence-electron chi connectivity index (χ0n) is 11.2. The molecule has 0 radical (unpaired) electrons. The number of hydrogen-bond donors (Lipinski definition) is 0. The fraction of sp³-hybridized carbons (Fsp3) is 1.00. The highest BCUT2D eigenvalue weighted by atomic mass is 19.1. The average molecular weight is 207 g/mol. The molecule has 0 spiro atoms. The molecule has 0 aromatic carbocycles. The molecule has 0 rings (SSSR count). The molecule has 0 aromatic rings. The minimum Gasteiger partial charge on any atom is -0.306 e. The van der Waals surface area contributed by atoms with Gasteiger partial charge in [0.05, 0.1) is 7.18 Å². The van der Waals surface area contributed by atoms with E-state index in [2.05, 4.69) is 46.6 Å². The van der Waals surface area contributed by atoms with Crippen molar-refractivity contribution in [2.45, 2.75) is 47.5 Å². The summed E-state index contributed by atoms with van der Waals surface area (Å²) in [6.07, 6.45) is 2.52. The molecule has 90 valence electrons. The van der Waals surface area contributed by atoms with Gasteiger partial charge in [0.15, 0.2) is 0 Å². The topological polar surface area (TPSA) is 3.24 Å². The molecule has 2 heteroatoms. The van der Waals surface area contributed by atoms with E-state index in [9.17, 15) is 4.39 Å². The largest absolute Gasteiger partial charge is 0.306 e. The van der Waals surface area contributed by atoms with Crippen LogP contribution in [0.2, 0.25) is 0 Å². The smallest absolute Gasteiger partial charge is 0.0785 e. The molecule has 0 fully saturated rings. The first-order valence-corrected chi connectivity index (χ1v) is 5.64. The maximum atomic E-state index is 9.50. The van der Waals surface area contributed by atoms with Gasteiger partial charge in [-0.15, -0.1) is 0 Å². The molecule has 0 aliphatic carbocycles. The van der Waals surface area contributed by atoms with Crippen LogP contribution in [0, 0.1) is 5.92 Å². The first kappa shape index (κ1) is 19.5. The van der Waals surface area contributed by atoms with Gasteiger partial charge in [-0.1, -0.05) is 41.0 Å². The van der Waals surface area contributed by atoms with Gasteiger partial charge in [0.1, 0.15) is 0 Å². The summed E-state index contributed by atoms with van der Waals surface area (Å²) < 4.78 is 9.50. The predicted molar refractivity (Wildman–Crippen MR) is 65.6 cm³/mol. The Balaban J connectivity index is -0.000000205. The molecule has 0 amide bonds. The Hall–Kier alpha value is -0.110. The first-order valence-electron chi connectivity index (χ1n) is 5.64. The highest BCUT2D eigenvalue weighted by Gasteiger charge is 1.97. The van der Waals surface area contributed by atoms with Crippen molar-refractivity contribution in [3.05, 3.63) is 0 Å². The van der Waals surface area contributed by atoms with Crippen molar-refractivity contribution in [2.75, 3.05) is 27.3 Å². The average Bonchev–Trinajstić information content (AvgIpc) is 2.08.